The van der Waals surface area contributed by atoms with Gasteiger partial charge in [-0.2, -0.15) is 10.2 Å². The van der Waals surface area contributed by atoms with E-state index in [0.29, 0.717) is 30.7 Å². The minimum atomic E-state index is -0.298. The minimum Gasteiger partial charge on any atom is -0.377 e. The maximum Gasteiger partial charge on any atom is 0.267 e. The third kappa shape index (κ3) is 3.38. The summed E-state index contributed by atoms with van der Waals surface area (Å²) in [6, 6.07) is 6.24. The van der Waals surface area contributed by atoms with Gasteiger partial charge in [-0.25, -0.2) is 19.0 Å². The van der Waals surface area contributed by atoms with E-state index in [2.05, 4.69) is 30.6 Å². The van der Waals surface area contributed by atoms with Crippen molar-refractivity contribution in [3.05, 3.63) is 71.8 Å². The first-order chi connectivity index (χ1) is 14.3. The summed E-state index contributed by atoms with van der Waals surface area (Å²) in [5, 5.41) is 16.1. The van der Waals surface area contributed by atoms with E-state index in [4.69, 9.17) is 4.74 Å². The molecule has 5 heterocycles. The molecular formula is C18H17N9O2. The molecule has 5 rings (SSSR count). The largest absolute Gasteiger partial charge is 0.377 e. The highest BCUT2D eigenvalue weighted by Crippen LogP contribution is 2.21. The van der Waals surface area contributed by atoms with Crippen LogP contribution in [-0.2, 0) is 4.74 Å². The maximum absolute atomic E-state index is 12.5. The lowest BCUT2D eigenvalue weighted by molar-refractivity contribution is 0.182. The molecule has 4 aromatic heterocycles. The van der Waals surface area contributed by atoms with E-state index in [0.717, 1.165) is 0 Å². The number of hydrogen-bond donors (Lipinski definition) is 1. The highest BCUT2D eigenvalue weighted by atomic mass is 16.5. The topological polar surface area (TPSA) is 118 Å². The van der Waals surface area contributed by atoms with Crippen molar-refractivity contribution in [2.24, 2.45) is 0 Å². The number of rotatable bonds is 5. The Balaban J connectivity index is 1.42. The zero-order valence-electron chi connectivity index (χ0n) is 15.2. The second-order valence-corrected chi connectivity index (χ2v) is 6.49. The van der Waals surface area contributed by atoms with Crippen molar-refractivity contribution < 1.29 is 4.74 Å². The number of nitrogens with zero attached hydrogens (tertiary/aromatic N) is 8. The van der Waals surface area contributed by atoms with Crippen LogP contribution in [-0.4, -0.2) is 58.6 Å². The van der Waals surface area contributed by atoms with E-state index in [1.54, 1.807) is 58.7 Å². The lowest BCUT2D eigenvalue weighted by Crippen LogP contribution is -2.37. The molecule has 11 nitrogen and oxygen atoms in total. The molecule has 1 N–H and O–H groups in total. The van der Waals surface area contributed by atoms with Crippen LogP contribution in [0.15, 0.2) is 66.2 Å². The van der Waals surface area contributed by atoms with Gasteiger partial charge in [-0.15, -0.1) is 5.10 Å². The summed E-state index contributed by atoms with van der Waals surface area (Å²) < 4.78 is 10.3. The molecule has 1 aliphatic heterocycles. The lowest BCUT2D eigenvalue weighted by Gasteiger charge is -2.21. The van der Waals surface area contributed by atoms with Crippen LogP contribution in [0.2, 0.25) is 0 Å². The Bertz CT molecular complexity index is 1150. The third-order valence-corrected chi connectivity index (χ3v) is 4.61. The van der Waals surface area contributed by atoms with E-state index in [1.807, 2.05) is 6.07 Å². The van der Waals surface area contributed by atoms with Crippen molar-refractivity contribution in [2.75, 3.05) is 18.5 Å². The summed E-state index contributed by atoms with van der Waals surface area (Å²) in [7, 11) is 0. The van der Waals surface area contributed by atoms with Gasteiger partial charge in [0, 0.05) is 30.9 Å². The molecule has 2 unspecified atom stereocenters. The average Bonchev–Trinajstić information content (AvgIpc) is 3.51. The van der Waals surface area contributed by atoms with E-state index >= 15 is 0 Å². The molecule has 29 heavy (non-hydrogen) atoms. The molecule has 1 aliphatic rings. The number of ether oxygens (including phenoxy) is 1. The summed E-state index contributed by atoms with van der Waals surface area (Å²) in [4.78, 5) is 21.2. The van der Waals surface area contributed by atoms with Gasteiger partial charge >= 0.3 is 0 Å². The molecule has 0 aliphatic carbocycles. The Labute approximate surface area is 164 Å². The predicted octanol–water partition coefficient (Wildman–Crippen LogP) is 0.457. The van der Waals surface area contributed by atoms with E-state index in [-0.39, 0.29) is 17.6 Å². The standard InChI is InChI=1S/C18H17N9O2/c28-18-4-3-16(25-7-1-5-20-25)24-27(18)14-12-29-11-13(14)22-15-9-19-10-17(23-15)26-8-2-6-21-26/h1-10,13-14H,11-12H2,(H,22,23). The Hall–Kier alpha value is -3.86. The second-order valence-electron chi connectivity index (χ2n) is 6.49. The van der Waals surface area contributed by atoms with Crippen LogP contribution in [0.3, 0.4) is 0 Å². The second kappa shape index (κ2) is 7.28. The number of nitrogens with one attached hydrogen (secondary N) is 1. The van der Waals surface area contributed by atoms with Gasteiger partial charge < -0.3 is 10.1 Å². The maximum atomic E-state index is 12.5. The van der Waals surface area contributed by atoms with E-state index < -0.39 is 0 Å². The first-order valence-electron chi connectivity index (χ1n) is 9.04. The number of anilines is 1. The molecule has 4 aromatic rings. The van der Waals surface area contributed by atoms with Crippen molar-refractivity contribution in [2.45, 2.75) is 12.1 Å². The lowest BCUT2D eigenvalue weighted by atomic mass is 10.1. The van der Waals surface area contributed by atoms with Gasteiger partial charge in [-0.05, 0) is 18.2 Å². The molecule has 0 aromatic carbocycles. The summed E-state index contributed by atoms with van der Waals surface area (Å²) >= 11 is 0. The SMILES string of the molecule is O=c1ccc(-n2cccn2)nn1C1COCC1Nc1cncc(-n2cccn2)n1. The number of aromatic nitrogens is 8. The Kier molecular flexibility index (Phi) is 4.33. The molecule has 0 spiro atoms. The molecule has 1 saturated heterocycles. The molecule has 0 saturated carbocycles. The van der Waals surface area contributed by atoms with Crippen molar-refractivity contribution in [1.82, 2.24) is 39.3 Å². The molecule has 2 atom stereocenters. The van der Waals surface area contributed by atoms with Crippen LogP contribution in [0.5, 0.6) is 0 Å². The highest BCUT2D eigenvalue weighted by molar-refractivity contribution is 5.37. The Morgan fingerprint density at radius 1 is 1.00 bits per heavy atom. The van der Waals surface area contributed by atoms with Gasteiger partial charge in [-0.1, -0.05) is 0 Å². The molecule has 1 fully saturated rings. The van der Waals surface area contributed by atoms with Gasteiger partial charge in [0.2, 0.25) is 0 Å². The smallest absolute Gasteiger partial charge is 0.267 e. The summed E-state index contributed by atoms with van der Waals surface area (Å²) in [6.07, 6.45) is 10.1. The van der Waals surface area contributed by atoms with Gasteiger partial charge in [0.25, 0.3) is 5.56 Å². The van der Waals surface area contributed by atoms with E-state index in [1.165, 1.54) is 10.7 Å². The van der Waals surface area contributed by atoms with Crippen molar-refractivity contribution in [3.8, 4) is 11.6 Å². The van der Waals surface area contributed by atoms with Gasteiger partial charge in [0.05, 0.1) is 31.6 Å². The van der Waals surface area contributed by atoms with E-state index in [9.17, 15) is 4.79 Å². The first kappa shape index (κ1) is 17.3. The first-order valence-corrected chi connectivity index (χ1v) is 9.04. The summed E-state index contributed by atoms with van der Waals surface area (Å²) in [6.45, 7) is 0.776. The minimum absolute atomic E-state index is 0.199. The molecule has 0 radical (unpaired) electrons. The normalized spacial score (nSPS) is 18.8. The quantitative estimate of drug-likeness (QED) is 0.521. The summed E-state index contributed by atoms with van der Waals surface area (Å²) in [5.74, 6) is 1.71. The van der Waals surface area contributed by atoms with Gasteiger partial charge in [0.1, 0.15) is 11.9 Å². The zero-order valence-corrected chi connectivity index (χ0v) is 15.2. The Morgan fingerprint density at radius 2 is 1.79 bits per heavy atom. The summed E-state index contributed by atoms with van der Waals surface area (Å²) in [5.41, 5.74) is -0.209. The molecular weight excluding hydrogens is 374 g/mol. The fourth-order valence-electron chi connectivity index (χ4n) is 3.23. The van der Waals surface area contributed by atoms with Crippen LogP contribution in [0.4, 0.5) is 5.82 Å². The van der Waals surface area contributed by atoms with Crippen LogP contribution in [0.1, 0.15) is 6.04 Å². The molecule has 146 valence electrons. The van der Waals surface area contributed by atoms with Crippen molar-refractivity contribution in [1.29, 1.82) is 0 Å². The van der Waals surface area contributed by atoms with Crippen LogP contribution in [0.25, 0.3) is 11.6 Å². The van der Waals surface area contributed by atoms with Crippen molar-refractivity contribution in [3.63, 3.8) is 0 Å². The fourth-order valence-corrected chi connectivity index (χ4v) is 3.23. The Morgan fingerprint density at radius 3 is 2.55 bits per heavy atom. The van der Waals surface area contributed by atoms with Gasteiger partial charge in [0.15, 0.2) is 11.6 Å². The number of hydrogen-bond acceptors (Lipinski definition) is 8. The molecule has 11 heteroatoms. The highest BCUT2D eigenvalue weighted by Gasteiger charge is 2.32. The van der Waals surface area contributed by atoms with Crippen LogP contribution < -0.4 is 10.9 Å². The fraction of sp³-hybridized carbons (Fsp3) is 0.222. The average molecular weight is 391 g/mol. The third-order valence-electron chi connectivity index (χ3n) is 4.61. The van der Waals surface area contributed by atoms with Gasteiger partial charge in [-0.3, -0.25) is 9.78 Å². The molecule has 0 bridgehead atoms. The van der Waals surface area contributed by atoms with Crippen LogP contribution in [0, 0.1) is 0 Å². The van der Waals surface area contributed by atoms with Crippen LogP contribution >= 0.6 is 0 Å². The molecule has 0 amide bonds. The predicted molar refractivity (Wildman–Crippen MR) is 102 cm³/mol. The zero-order chi connectivity index (χ0) is 19.6. The monoisotopic (exact) mass is 391 g/mol. The van der Waals surface area contributed by atoms with Crippen molar-refractivity contribution >= 4 is 5.82 Å².